The number of benzene rings is 1. The zero-order valence-corrected chi connectivity index (χ0v) is 12.2. The standard InChI is InChI=1S/C10H10Br3N/c11-7-3-8(12)10(9(13)4-7)14-5-6-1-2-6/h3-4,6,14H,1-2,5H2. The number of anilines is 1. The van der Waals surface area contributed by atoms with Crippen molar-refractivity contribution in [1.29, 1.82) is 0 Å². The van der Waals surface area contributed by atoms with Gasteiger partial charge in [0.25, 0.3) is 0 Å². The minimum absolute atomic E-state index is 0.887. The van der Waals surface area contributed by atoms with Crippen LogP contribution in [0.1, 0.15) is 12.8 Å². The zero-order chi connectivity index (χ0) is 10.1. The topological polar surface area (TPSA) is 12.0 Å². The number of halogens is 3. The summed E-state index contributed by atoms with van der Waals surface area (Å²) in [6, 6.07) is 4.11. The van der Waals surface area contributed by atoms with Crippen LogP contribution < -0.4 is 5.32 Å². The van der Waals surface area contributed by atoms with Gasteiger partial charge in [-0.3, -0.25) is 0 Å². The lowest BCUT2D eigenvalue weighted by molar-refractivity contribution is 0.888. The molecule has 1 aromatic rings. The van der Waals surface area contributed by atoms with E-state index in [-0.39, 0.29) is 0 Å². The first-order valence-electron chi connectivity index (χ1n) is 4.55. The number of hydrogen-bond acceptors (Lipinski definition) is 1. The molecule has 1 nitrogen and oxygen atoms in total. The van der Waals surface area contributed by atoms with E-state index in [1.165, 1.54) is 12.8 Å². The largest absolute Gasteiger partial charge is 0.383 e. The van der Waals surface area contributed by atoms with Crippen LogP contribution in [0.2, 0.25) is 0 Å². The van der Waals surface area contributed by atoms with Crippen LogP contribution in [0.5, 0.6) is 0 Å². The third-order valence-electron chi connectivity index (χ3n) is 2.27. The van der Waals surface area contributed by atoms with Gasteiger partial charge >= 0.3 is 0 Å². The number of rotatable bonds is 3. The molecule has 1 aliphatic rings. The summed E-state index contributed by atoms with van der Waals surface area (Å²) in [5.41, 5.74) is 1.15. The van der Waals surface area contributed by atoms with Gasteiger partial charge in [-0.05, 0) is 62.8 Å². The molecule has 0 unspecified atom stereocenters. The second kappa shape index (κ2) is 4.54. The van der Waals surface area contributed by atoms with E-state index < -0.39 is 0 Å². The molecule has 1 aliphatic carbocycles. The van der Waals surface area contributed by atoms with E-state index in [9.17, 15) is 0 Å². The van der Waals surface area contributed by atoms with Gasteiger partial charge in [-0.25, -0.2) is 0 Å². The molecule has 0 spiro atoms. The monoisotopic (exact) mass is 381 g/mol. The molecule has 1 aromatic carbocycles. The van der Waals surface area contributed by atoms with Crippen LogP contribution in [0.15, 0.2) is 25.6 Å². The molecule has 4 heteroatoms. The molecule has 0 atom stereocenters. The summed E-state index contributed by atoms with van der Waals surface area (Å²) < 4.78 is 3.27. The van der Waals surface area contributed by atoms with Crippen LogP contribution in [0.25, 0.3) is 0 Å². The van der Waals surface area contributed by atoms with E-state index in [1.807, 2.05) is 0 Å². The second-order valence-corrected chi connectivity index (χ2v) is 6.19. The van der Waals surface area contributed by atoms with Crippen molar-refractivity contribution in [3.63, 3.8) is 0 Å². The van der Waals surface area contributed by atoms with Crippen molar-refractivity contribution in [1.82, 2.24) is 0 Å². The van der Waals surface area contributed by atoms with E-state index in [4.69, 9.17) is 0 Å². The molecule has 2 rings (SSSR count). The molecule has 76 valence electrons. The Balaban J connectivity index is 2.13. The van der Waals surface area contributed by atoms with Crippen molar-refractivity contribution in [2.75, 3.05) is 11.9 Å². The lowest BCUT2D eigenvalue weighted by Gasteiger charge is -2.10. The maximum atomic E-state index is 3.55. The first-order chi connectivity index (χ1) is 6.66. The van der Waals surface area contributed by atoms with Gasteiger partial charge in [-0.2, -0.15) is 0 Å². The molecule has 0 aliphatic heterocycles. The summed E-state index contributed by atoms with van der Waals surface area (Å²) in [5.74, 6) is 0.887. The fourth-order valence-electron chi connectivity index (χ4n) is 1.28. The Morgan fingerprint density at radius 2 is 1.71 bits per heavy atom. The second-order valence-electron chi connectivity index (χ2n) is 3.57. The summed E-state index contributed by atoms with van der Waals surface area (Å²) >= 11 is 10.5. The molecular weight excluding hydrogens is 374 g/mol. The number of nitrogens with one attached hydrogen (secondary N) is 1. The van der Waals surface area contributed by atoms with Crippen molar-refractivity contribution in [3.05, 3.63) is 25.6 Å². The zero-order valence-electron chi connectivity index (χ0n) is 7.49. The SMILES string of the molecule is Brc1cc(Br)c(NCC2CC2)c(Br)c1. The van der Waals surface area contributed by atoms with Gasteiger partial charge in [0, 0.05) is 20.0 Å². The van der Waals surface area contributed by atoms with E-state index in [2.05, 4.69) is 65.2 Å². The van der Waals surface area contributed by atoms with Crippen LogP contribution in [0.3, 0.4) is 0 Å². The summed E-state index contributed by atoms with van der Waals surface area (Å²) in [5, 5.41) is 3.46. The average Bonchev–Trinajstić information content (AvgIpc) is 2.85. The quantitative estimate of drug-likeness (QED) is 0.790. The Hall–Kier alpha value is 0.460. The predicted octanol–water partition coefficient (Wildman–Crippen LogP) is 4.80. The Morgan fingerprint density at radius 1 is 1.14 bits per heavy atom. The van der Waals surface area contributed by atoms with Crippen LogP contribution >= 0.6 is 47.8 Å². The molecular formula is C10H10Br3N. The van der Waals surface area contributed by atoms with Crippen molar-refractivity contribution in [2.24, 2.45) is 5.92 Å². The van der Waals surface area contributed by atoms with E-state index >= 15 is 0 Å². The third-order valence-corrected chi connectivity index (χ3v) is 3.98. The van der Waals surface area contributed by atoms with Crippen LogP contribution in [0.4, 0.5) is 5.69 Å². The highest BCUT2D eigenvalue weighted by molar-refractivity contribution is 9.11. The minimum atomic E-state index is 0.887. The molecule has 1 fully saturated rings. The Morgan fingerprint density at radius 3 is 2.21 bits per heavy atom. The summed E-state index contributed by atoms with van der Waals surface area (Å²) in [7, 11) is 0. The maximum absolute atomic E-state index is 3.55. The van der Waals surface area contributed by atoms with Gasteiger partial charge in [-0.15, -0.1) is 0 Å². The van der Waals surface area contributed by atoms with Crippen LogP contribution in [-0.2, 0) is 0 Å². The molecule has 0 aromatic heterocycles. The molecule has 0 radical (unpaired) electrons. The normalized spacial score (nSPS) is 15.6. The Kier molecular flexibility index (Phi) is 3.55. The Labute approximate surface area is 109 Å². The fraction of sp³-hybridized carbons (Fsp3) is 0.400. The molecule has 1 N–H and O–H groups in total. The summed E-state index contributed by atoms with van der Waals surface area (Å²) in [4.78, 5) is 0. The Bertz CT molecular complexity index is 324. The summed E-state index contributed by atoms with van der Waals surface area (Å²) in [6.45, 7) is 1.08. The van der Waals surface area contributed by atoms with Gasteiger partial charge in [-0.1, -0.05) is 15.9 Å². The van der Waals surface area contributed by atoms with E-state index in [0.717, 1.165) is 31.6 Å². The molecule has 0 amide bonds. The van der Waals surface area contributed by atoms with Crippen molar-refractivity contribution >= 4 is 53.5 Å². The highest BCUT2D eigenvalue weighted by Gasteiger charge is 2.21. The summed E-state index contributed by atoms with van der Waals surface area (Å²) in [6.07, 6.45) is 2.75. The van der Waals surface area contributed by atoms with Crippen molar-refractivity contribution < 1.29 is 0 Å². The first kappa shape index (κ1) is 11.0. The first-order valence-corrected chi connectivity index (χ1v) is 6.93. The number of hydrogen-bond donors (Lipinski definition) is 1. The van der Waals surface area contributed by atoms with Crippen LogP contribution in [0, 0.1) is 5.92 Å². The molecule has 0 saturated heterocycles. The molecule has 0 bridgehead atoms. The van der Waals surface area contributed by atoms with Gasteiger partial charge in [0.15, 0.2) is 0 Å². The van der Waals surface area contributed by atoms with Gasteiger partial charge < -0.3 is 5.32 Å². The fourth-order valence-corrected chi connectivity index (χ4v) is 3.82. The maximum Gasteiger partial charge on any atom is 0.0629 e. The lowest BCUT2D eigenvalue weighted by atomic mass is 10.3. The highest BCUT2D eigenvalue weighted by Crippen LogP contribution is 2.36. The van der Waals surface area contributed by atoms with E-state index in [1.54, 1.807) is 0 Å². The van der Waals surface area contributed by atoms with E-state index in [0.29, 0.717) is 0 Å². The van der Waals surface area contributed by atoms with Crippen molar-refractivity contribution in [2.45, 2.75) is 12.8 Å². The highest BCUT2D eigenvalue weighted by atomic mass is 79.9. The smallest absolute Gasteiger partial charge is 0.0629 e. The van der Waals surface area contributed by atoms with Crippen molar-refractivity contribution in [3.8, 4) is 0 Å². The van der Waals surface area contributed by atoms with Gasteiger partial charge in [0.2, 0.25) is 0 Å². The average molecular weight is 384 g/mol. The van der Waals surface area contributed by atoms with Crippen LogP contribution in [-0.4, -0.2) is 6.54 Å². The molecule has 0 heterocycles. The lowest BCUT2D eigenvalue weighted by Crippen LogP contribution is -2.04. The van der Waals surface area contributed by atoms with Gasteiger partial charge in [0.05, 0.1) is 5.69 Å². The minimum Gasteiger partial charge on any atom is -0.383 e. The molecule has 1 saturated carbocycles. The third kappa shape index (κ3) is 2.74. The van der Waals surface area contributed by atoms with Gasteiger partial charge in [0.1, 0.15) is 0 Å². The predicted molar refractivity (Wildman–Crippen MR) is 70.8 cm³/mol. The molecule has 14 heavy (non-hydrogen) atoms.